The zero-order chi connectivity index (χ0) is 23.4. The molecule has 2 aromatic rings. The molecule has 0 spiro atoms. The van der Waals surface area contributed by atoms with Gasteiger partial charge in [0.25, 0.3) is 0 Å². The summed E-state index contributed by atoms with van der Waals surface area (Å²) in [5.41, 5.74) is -1.94. The van der Waals surface area contributed by atoms with Gasteiger partial charge in [0.15, 0.2) is 0 Å². The van der Waals surface area contributed by atoms with Crippen LogP contribution in [0.1, 0.15) is 27.8 Å². The van der Waals surface area contributed by atoms with Crippen molar-refractivity contribution in [2.75, 3.05) is 7.11 Å². The van der Waals surface area contributed by atoms with E-state index in [4.69, 9.17) is 0 Å². The maximum absolute atomic E-state index is 13.0. The van der Waals surface area contributed by atoms with Crippen molar-refractivity contribution in [2.24, 2.45) is 0 Å². The van der Waals surface area contributed by atoms with Crippen LogP contribution in [-0.4, -0.2) is 25.0 Å². The van der Waals surface area contributed by atoms with Crippen molar-refractivity contribution < 1.29 is 40.7 Å². The van der Waals surface area contributed by atoms with Crippen molar-refractivity contribution in [3.8, 4) is 0 Å². The molecular formula is C21H19F6NO3. The van der Waals surface area contributed by atoms with Gasteiger partial charge in [-0.3, -0.25) is 4.79 Å². The molecule has 31 heavy (non-hydrogen) atoms. The monoisotopic (exact) mass is 447 g/mol. The highest BCUT2D eigenvalue weighted by Gasteiger charge is 2.37. The van der Waals surface area contributed by atoms with Gasteiger partial charge in [-0.05, 0) is 36.2 Å². The van der Waals surface area contributed by atoms with E-state index in [2.05, 4.69) is 10.1 Å². The van der Waals surface area contributed by atoms with Crippen LogP contribution >= 0.6 is 0 Å². The Kier molecular flexibility index (Phi) is 7.35. The summed E-state index contributed by atoms with van der Waals surface area (Å²) in [5.74, 6) is -1.72. The SMILES string of the molecule is COC(=O)[C@H](Cc1cccc(C)c1)NC(=O)Cc1cc(C(F)(F)F)cc(C(F)(F)F)c1. The molecule has 1 atom stereocenters. The largest absolute Gasteiger partial charge is 0.467 e. The molecule has 0 aliphatic carbocycles. The molecule has 0 heterocycles. The number of hydrogen-bond donors (Lipinski definition) is 1. The Labute approximate surface area is 174 Å². The molecule has 0 saturated heterocycles. The number of hydrogen-bond acceptors (Lipinski definition) is 3. The Balaban J connectivity index is 2.24. The van der Waals surface area contributed by atoms with E-state index in [0.717, 1.165) is 12.7 Å². The topological polar surface area (TPSA) is 55.4 Å². The van der Waals surface area contributed by atoms with Gasteiger partial charge < -0.3 is 10.1 Å². The Morgan fingerprint density at radius 2 is 1.52 bits per heavy atom. The maximum atomic E-state index is 13.0. The number of aryl methyl sites for hydroxylation is 1. The minimum Gasteiger partial charge on any atom is -0.467 e. The van der Waals surface area contributed by atoms with Gasteiger partial charge in [-0.2, -0.15) is 26.3 Å². The molecule has 0 aliphatic heterocycles. The van der Waals surface area contributed by atoms with E-state index in [0.29, 0.717) is 17.7 Å². The number of methoxy groups -OCH3 is 1. The van der Waals surface area contributed by atoms with E-state index in [1.807, 2.05) is 13.0 Å². The van der Waals surface area contributed by atoms with Crippen LogP contribution in [0, 0.1) is 6.92 Å². The van der Waals surface area contributed by atoms with Gasteiger partial charge in [-0.25, -0.2) is 4.79 Å². The van der Waals surface area contributed by atoms with E-state index in [-0.39, 0.29) is 12.5 Å². The lowest BCUT2D eigenvalue weighted by Crippen LogP contribution is -2.43. The molecule has 0 aliphatic rings. The quantitative estimate of drug-likeness (QED) is 0.525. The normalized spacial score (nSPS) is 12.9. The number of carbonyl (C=O) groups is 2. The number of amides is 1. The summed E-state index contributed by atoms with van der Waals surface area (Å²) in [4.78, 5) is 24.4. The lowest BCUT2D eigenvalue weighted by Gasteiger charge is -2.18. The first-order chi connectivity index (χ1) is 14.3. The van der Waals surface area contributed by atoms with Crippen molar-refractivity contribution in [2.45, 2.75) is 38.2 Å². The highest BCUT2D eigenvalue weighted by Crippen LogP contribution is 2.36. The molecule has 0 radical (unpaired) electrons. The van der Waals surface area contributed by atoms with E-state index in [9.17, 15) is 35.9 Å². The Morgan fingerprint density at radius 3 is 2.00 bits per heavy atom. The molecule has 0 aromatic heterocycles. The van der Waals surface area contributed by atoms with Gasteiger partial charge in [0, 0.05) is 6.42 Å². The number of esters is 1. The van der Waals surface area contributed by atoms with Gasteiger partial charge in [-0.15, -0.1) is 0 Å². The molecule has 168 valence electrons. The Morgan fingerprint density at radius 1 is 0.935 bits per heavy atom. The number of benzene rings is 2. The van der Waals surface area contributed by atoms with Crippen LogP contribution in [-0.2, 0) is 39.5 Å². The van der Waals surface area contributed by atoms with E-state index < -0.39 is 53.4 Å². The molecule has 0 bridgehead atoms. The highest BCUT2D eigenvalue weighted by atomic mass is 19.4. The number of carbonyl (C=O) groups excluding carboxylic acids is 2. The van der Waals surface area contributed by atoms with Crippen molar-refractivity contribution >= 4 is 11.9 Å². The van der Waals surface area contributed by atoms with Gasteiger partial charge in [0.05, 0.1) is 24.7 Å². The number of halogens is 6. The molecule has 4 nitrogen and oxygen atoms in total. The third-order valence-corrected chi connectivity index (χ3v) is 4.36. The van der Waals surface area contributed by atoms with Crippen LogP contribution in [0.3, 0.4) is 0 Å². The summed E-state index contributed by atoms with van der Waals surface area (Å²) in [6.07, 6.45) is -10.8. The van der Waals surface area contributed by atoms with Crippen molar-refractivity contribution in [1.82, 2.24) is 5.32 Å². The van der Waals surface area contributed by atoms with Crippen LogP contribution in [0.5, 0.6) is 0 Å². The first-order valence-electron chi connectivity index (χ1n) is 9.00. The Bertz CT molecular complexity index is 921. The molecule has 1 N–H and O–H groups in total. The van der Waals surface area contributed by atoms with Crippen LogP contribution < -0.4 is 5.32 Å². The van der Waals surface area contributed by atoms with Gasteiger partial charge in [-0.1, -0.05) is 29.8 Å². The summed E-state index contributed by atoms with van der Waals surface area (Å²) in [6, 6.07) is 6.80. The number of alkyl halides is 6. The lowest BCUT2D eigenvalue weighted by atomic mass is 10.0. The second kappa shape index (κ2) is 9.40. The molecule has 1 amide bonds. The third kappa shape index (κ3) is 7.01. The average Bonchev–Trinajstić information content (AvgIpc) is 2.65. The summed E-state index contributed by atoms with van der Waals surface area (Å²) >= 11 is 0. The number of ether oxygens (including phenoxy) is 1. The molecule has 2 rings (SSSR count). The first kappa shape index (κ1) is 24.2. The predicted octanol–water partition coefficient (Wildman–Crippen LogP) is 4.48. The van der Waals surface area contributed by atoms with Crippen LogP contribution in [0.2, 0.25) is 0 Å². The van der Waals surface area contributed by atoms with E-state index in [1.54, 1.807) is 18.2 Å². The number of nitrogens with one attached hydrogen (secondary N) is 1. The van der Waals surface area contributed by atoms with Crippen LogP contribution in [0.25, 0.3) is 0 Å². The third-order valence-electron chi connectivity index (χ3n) is 4.36. The van der Waals surface area contributed by atoms with E-state index in [1.165, 1.54) is 0 Å². The van der Waals surface area contributed by atoms with Gasteiger partial charge in [0.1, 0.15) is 6.04 Å². The fraction of sp³-hybridized carbons (Fsp3) is 0.333. The predicted molar refractivity (Wildman–Crippen MR) is 99.0 cm³/mol. The smallest absolute Gasteiger partial charge is 0.416 e. The summed E-state index contributed by atoms with van der Waals surface area (Å²) in [6.45, 7) is 1.82. The number of rotatable bonds is 6. The van der Waals surface area contributed by atoms with Crippen LogP contribution in [0.15, 0.2) is 42.5 Å². The fourth-order valence-electron chi connectivity index (χ4n) is 2.96. The second-order valence-corrected chi connectivity index (χ2v) is 6.93. The standard InChI is InChI=1S/C21H19F6NO3/c1-12-4-3-5-13(6-12)9-17(19(30)31-2)28-18(29)10-14-7-15(20(22,23)24)11-16(8-14)21(25,26)27/h3-8,11,17H,9-10H2,1-2H3,(H,28,29)/t17-/m0/s1. The maximum Gasteiger partial charge on any atom is 0.416 e. The van der Waals surface area contributed by atoms with Gasteiger partial charge in [0.2, 0.25) is 5.91 Å². The summed E-state index contributed by atoms with van der Waals surface area (Å²) < 4.78 is 82.5. The lowest BCUT2D eigenvalue weighted by molar-refractivity contribution is -0.145. The zero-order valence-electron chi connectivity index (χ0n) is 16.5. The van der Waals surface area contributed by atoms with Crippen molar-refractivity contribution in [3.63, 3.8) is 0 Å². The first-order valence-corrected chi connectivity index (χ1v) is 9.00. The highest BCUT2D eigenvalue weighted by molar-refractivity contribution is 5.85. The van der Waals surface area contributed by atoms with E-state index >= 15 is 0 Å². The Hall–Kier alpha value is -3.04. The molecule has 0 unspecified atom stereocenters. The van der Waals surface area contributed by atoms with Crippen molar-refractivity contribution in [1.29, 1.82) is 0 Å². The fourth-order valence-corrected chi connectivity index (χ4v) is 2.96. The summed E-state index contributed by atoms with van der Waals surface area (Å²) in [5, 5.41) is 2.32. The minimum absolute atomic E-state index is 0.0175. The molecule has 0 fully saturated rings. The molecule has 10 heteroatoms. The molecule has 2 aromatic carbocycles. The van der Waals surface area contributed by atoms with Crippen molar-refractivity contribution in [3.05, 3.63) is 70.3 Å². The van der Waals surface area contributed by atoms with Crippen LogP contribution in [0.4, 0.5) is 26.3 Å². The van der Waals surface area contributed by atoms with Gasteiger partial charge >= 0.3 is 18.3 Å². The molecular weight excluding hydrogens is 428 g/mol. The summed E-state index contributed by atoms with van der Waals surface area (Å²) in [7, 11) is 1.10. The minimum atomic E-state index is -5.02. The second-order valence-electron chi connectivity index (χ2n) is 6.93. The molecule has 0 saturated carbocycles. The average molecular weight is 447 g/mol. The zero-order valence-corrected chi connectivity index (χ0v) is 16.5.